The van der Waals surface area contributed by atoms with Gasteiger partial charge in [-0.2, -0.15) is 9.30 Å². The third-order valence-corrected chi connectivity index (χ3v) is 7.91. The maximum absolute atomic E-state index is 13.6. The van der Waals surface area contributed by atoms with Gasteiger partial charge in [-0.1, -0.05) is 25.2 Å². The van der Waals surface area contributed by atoms with Crippen molar-refractivity contribution in [1.82, 2.24) is 8.87 Å². The molecular weight excluding hydrogens is 457 g/mol. The van der Waals surface area contributed by atoms with Crippen molar-refractivity contribution in [2.24, 2.45) is 4.99 Å². The number of ether oxygens (including phenoxy) is 1. The fourth-order valence-electron chi connectivity index (χ4n) is 3.11. The number of methoxy groups -OCH3 is 1. The van der Waals surface area contributed by atoms with Gasteiger partial charge in [0, 0.05) is 18.7 Å². The van der Waals surface area contributed by atoms with Gasteiger partial charge in [0.15, 0.2) is 4.80 Å². The molecule has 0 bridgehead atoms. The lowest BCUT2D eigenvalue weighted by Gasteiger charge is -2.18. The molecule has 1 amide bonds. The number of sulfonamides is 1. The summed E-state index contributed by atoms with van der Waals surface area (Å²) in [5.41, 5.74) is 0.714. The maximum Gasteiger partial charge on any atom is 0.325 e. The second-order valence-corrected chi connectivity index (χ2v) is 9.64. The first-order valence-corrected chi connectivity index (χ1v) is 12.0. The van der Waals surface area contributed by atoms with E-state index in [1.54, 1.807) is 13.8 Å². The van der Waals surface area contributed by atoms with Gasteiger partial charge in [-0.05, 0) is 42.5 Å². The van der Waals surface area contributed by atoms with Gasteiger partial charge in [0.05, 0.1) is 22.2 Å². The van der Waals surface area contributed by atoms with E-state index in [1.807, 2.05) is 0 Å². The van der Waals surface area contributed by atoms with Crippen molar-refractivity contribution >= 4 is 43.5 Å². The van der Waals surface area contributed by atoms with Gasteiger partial charge in [-0.3, -0.25) is 9.59 Å². The van der Waals surface area contributed by atoms with Gasteiger partial charge < -0.3 is 9.30 Å². The zero-order valence-electron chi connectivity index (χ0n) is 17.7. The number of esters is 1. The Morgan fingerprint density at radius 2 is 1.78 bits per heavy atom. The van der Waals surface area contributed by atoms with E-state index >= 15 is 0 Å². The molecule has 1 aromatic heterocycles. The predicted molar refractivity (Wildman–Crippen MR) is 118 cm³/mol. The van der Waals surface area contributed by atoms with Crippen molar-refractivity contribution in [2.75, 3.05) is 20.2 Å². The molecule has 170 valence electrons. The number of hydrogen-bond acceptors (Lipinski definition) is 6. The number of aromatic nitrogens is 1. The highest BCUT2D eigenvalue weighted by atomic mass is 32.2. The number of halogens is 1. The van der Waals surface area contributed by atoms with Crippen LogP contribution in [0.3, 0.4) is 0 Å². The highest BCUT2D eigenvalue weighted by Crippen LogP contribution is 2.20. The smallest absolute Gasteiger partial charge is 0.325 e. The molecule has 3 aromatic rings. The summed E-state index contributed by atoms with van der Waals surface area (Å²) in [6, 6.07) is 9.55. The summed E-state index contributed by atoms with van der Waals surface area (Å²) in [7, 11) is -2.40. The van der Waals surface area contributed by atoms with E-state index in [0.717, 1.165) is 11.3 Å². The van der Waals surface area contributed by atoms with E-state index in [2.05, 4.69) is 4.99 Å². The average Bonchev–Trinajstić information content (AvgIpc) is 3.10. The summed E-state index contributed by atoms with van der Waals surface area (Å²) < 4.78 is 46.9. The molecule has 0 aliphatic rings. The molecule has 0 fully saturated rings. The van der Waals surface area contributed by atoms with Crippen LogP contribution < -0.4 is 4.80 Å². The van der Waals surface area contributed by atoms with Crippen LogP contribution in [0.25, 0.3) is 10.2 Å². The van der Waals surface area contributed by atoms with Gasteiger partial charge in [0.1, 0.15) is 12.4 Å². The molecular formula is C21H22FN3O5S2. The molecule has 0 aliphatic carbocycles. The largest absolute Gasteiger partial charge is 0.468 e. The summed E-state index contributed by atoms with van der Waals surface area (Å²) in [5.74, 6) is -1.62. The van der Waals surface area contributed by atoms with E-state index in [4.69, 9.17) is 4.74 Å². The molecule has 11 heteroatoms. The first kappa shape index (κ1) is 23.8. The van der Waals surface area contributed by atoms with Crippen LogP contribution in [0.4, 0.5) is 4.39 Å². The Kier molecular flexibility index (Phi) is 7.22. The lowest BCUT2D eigenvalue weighted by molar-refractivity contribution is -0.141. The van der Waals surface area contributed by atoms with Gasteiger partial charge in [0.25, 0.3) is 5.91 Å². The minimum Gasteiger partial charge on any atom is -0.468 e. The monoisotopic (exact) mass is 479 g/mol. The SMILES string of the molecule is CCN(CC)S(=O)(=O)c1ccc(C(=O)N=c2sc3cc(F)ccc3n2CC(=O)OC)cc1. The second-order valence-electron chi connectivity index (χ2n) is 6.69. The minimum atomic E-state index is -3.64. The molecule has 0 radical (unpaired) electrons. The lowest BCUT2D eigenvalue weighted by Crippen LogP contribution is -2.30. The van der Waals surface area contributed by atoms with Crippen LogP contribution >= 0.6 is 11.3 Å². The van der Waals surface area contributed by atoms with Crippen LogP contribution in [0.1, 0.15) is 24.2 Å². The fourth-order valence-corrected chi connectivity index (χ4v) is 5.62. The highest BCUT2D eigenvalue weighted by molar-refractivity contribution is 7.89. The van der Waals surface area contributed by atoms with Crippen molar-refractivity contribution in [1.29, 1.82) is 0 Å². The van der Waals surface area contributed by atoms with Gasteiger partial charge in [0.2, 0.25) is 10.0 Å². The van der Waals surface area contributed by atoms with E-state index in [-0.39, 0.29) is 21.8 Å². The predicted octanol–water partition coefficient (Wildman–Crippen LogP) is 2.79. The topological polar surface area (TPSA) is 98.0 Å². The van der Waals surface area contributed by atoms with E-state index in [9.17, 15) is 22.4 Å². The molecule has 0 aliphatic heterocycles. The van der Waals surface area contributed by atoms with Crippen molar-refractivity contribution in [3.8, 4) is 0 Å². The molecule has 3 rings (SSSR count). The number of thiazole rings is 1. The van der Waals surface area contributed by atoms with Crippen molar-refractivity contribution in [2.45, 2.75) is 25.3 Å². The lowest BCUT2D eigenvalue weighted by atomic mass is 10.2. The first-order valence-electron chi connectivity index (χ1n) is 9.76. The van der Waals surface area contributed by atoms with Crippen molar-refractivity contribution < 1.29 is 27.1 Å². The quantitative estimate of drug-likeness (QED) is 0.486. The number of nitrogens with zero attached hydrogens (tertiary/aromatic N) is 3. The standard InChI is InChI=1S/C21H22FN3O5S2/c1-4-24(5-2)32(28,29)16-9-6-14(7-10-16)20(27)23-21-25(13-19(26)30-3)17-11-8-15(22)12-18(17)31-21/h6-12H,4-5,13H2,1-3H3. The third-order valence-electron chi connectivity index (χ3n) is 4.80. The molecule has 1 heterocycles. The Bertz CT molecular complexity index is 1320. The van der Waals surface area contributed by atoms with Crippen LogP contribution in [0, 0.1) is 5.82 Å². The number of amides is 1. The van der Waals surface area contributed by atoms with Crippen LogP contribution in [0.15, 0.2) is 52.4 Å². The maximum atomic E-state index is 13.6. The molecule has 0 spiro atoms. The Morgan fingerprint density at radius 1 is 1.12 bits per heavy atom. The van der Waals surface area contributed by atoms with Crippen molar-refractivity contribution in [3.05, 3.63) is 58.6 Å². The first-order chi connectivity index (χ1) is 15.2. The zero-order valence-corrected chi connectivity index (χ0v) is 19.4. The number of carbonyl (C=O) groups is 2. The van der Waals surface area contributed by atoms with E-state index in [0.29, 0.717) is 23.3 Å². The van der Waals surface area contributed by atoms with E-state index in [1.165, 1.54) is 58.4 Å². The van der Waals surface area contributed by atoms with Crippen LogP contribution in [-0.4, -0.2) is 49.4 Å². The van der Waals surface area contributed by atoms with E-state index < -0.39 is 27.7 Å². The molecule has 8 nitrogen and oxygen atoms in total. The number of hydrogen-bond donors (Lipinski definition) is 0. The molecule has 0 N–H and O–H groups in total. The summed E-state index contributed by atoms with van der Waals surface area (Å²) in [6.07, 6.45) is 0. The van der Waals surface area contributed by atoms with Crippen LogP contribution in [0.2, 0.25) is 0 Å². The highest BCUT2D eigenvalue weighted by Gasteiger charge is 2.21. The summed E-state index contributed by atoms with van der Waals surface area (Å²) in [4.78, 5) is 29.0. The summed E-state index contributed by atoms with van der Waals surface area (Å²) in [5, 5.41) is 0. The number of carbonyl (C=O) groups excluding carboxylic acids is 2. The fraction of sp³-hybridized carbons (Fsp3) is 0.286. The Balaban J connectivity index is 2.01. The summed E-state index contributed by atoms with van der Waals surface area (Å²) >= 11 is 1.06. The van der Waals surface area contributed by atoms with Crippen LogP contribution in [-0.2, 0) is 26.1 Å². The molecule has 0 saturated carbocycles. The second kappa shape index (κ2) is 9.72. The Labute approximate surface area is 188 Å². The van der Waals surface area contributed by atoms with Gasteiger partial charge >= 0.3 is 5.97 Å². The summed E-state index contributed by atoms with van der Waals surface area (Å²) in [6.45, 7) is 3.97. The van der Waals surface area contributed by atoms with Gasteiger partial charge in [-0.25, -0.2) is 12.8 Å². The minimum absolute atomic E-state index is 0.0795. The molecule has 0 saturated heterocycles. The van der Waals surface area contributed by atoms with Crippen LogP contribution in [0.5, 0.6) is 0 Å². The van der Waals surface area contributed by atoms with Crippen molar-refractivity contribution in [3.63, 3.8) is 0 Å². The number of fused-ring (bicyclic) bond motifs is 1. The Hall–Kier alpha value is -2.89. The number of benzene rings is 2. The van der Waals surface area contributed by atoms with Gasteiger partial charge in [-0.15, -0.1) is 0 Å². The number of rotatable bonds is 7. The molecule has 0 atom stereocenters. The normalized spacial score (nSPS) is 12.5. The molecule has 0 unspecified atom stereocenters. The molecule has 32 heavy (non-hydrogen) atoms. The average molecular weight is 480 g/mol. The molecule has 2 aromatic carbocycles. The third kappa shape index (κ3) is 4.79. The zero-order chi connectivity index (χ0) is 23.5. The Morgan fingerprint density at radius 3 is 2.38 bits per heavy atom.